The maximum absolute atomic E-state index is 4.83. The second kappa shape index (κ2) is 7.04. The van der Waals surface area contributed by atoms with Gasteiger partial charge in [0.15, 0.2) is 0 Å². The zero-order valence-corrected chi connectivity index (χ0v) is 16.0. The zero-order chi connectivity index (χ0) is 18.0. The molecule has 0 unspecified atom stereocenters. The highest BCUT2D eigenvalue weighted by atomic mass is 14.9. The lowest BCUT2D eigenvalue weighted by Crippen LogP contribution is -2.09. The molecule has 24 heavy (non-hydrogen) atoms. The van der Waals surface area contributed by atoms with Crippen LogP contribution in [0.2, 0.25) is 0 Å². The maximum Gasteiger partial charge on any atom is 0.0692 e. The Morgan fingerprint density at radius 1 is 0.792 bits per heavy atom. The van der Waals surface area contributed by atoms with Gasteiger partial charge in [0.05, 0.1) is 17.1 Å². The van der Waals surface area contributed by atoms with Crippen LogP contribution in [0.1, 0.15) is 40.3 Å². The summed E-state index contributed by atoms with van der Waals surface area (Å²) in [5, 5.41) is 3.45. The predicted octanol–water partition coefficient (Wildman–Crippen LogP) is 6.26. The third kappa shape index (κ3) is 3.94. The largest absolute Gasteiger partial charge is 0.354 e. The van der Waals surface area contributed by atoms with Crippen LogP contribution in [-0.2, 0) is 0 Å². The molecule has 2 nitrogen and oxygen atoms in total. The van der Waals surface area contributed by atoms with Crippen LogP contribution in [0, 0.1) is 41.5 Å². The van der Waals surface area contributed by atoms with Crippen molar-refractivity contribution in [1.82, 2.24) is 0 Å². The Bertz CT molecular complexity index is 780. The third-order valence-electron chi connectivity index (χ3n) is 4.30. The molecule has 2 aromatic carbocycles. The van der Waals surface area contributed by atoms with Gasteiger partial charge in [0.1, 0.15) is 0 Å². The van der Waals surface area contributed by atoms with E-state index in [1.807, 2.05) is 6.92 Å². The summed E-state index contributed by atoms with van der Waals surface area (Å²) in [7, 11) is 0. The number of rotatable bonds is 4. The van der Waals surface area contributed by atoms with Crippen molar-refractivity contribution in [2.75, 3.05) is 5.32 Å². The fraction of sp³-hybridized carbons (Fsp3) is 0.318. The molecule has 0 heterocycles. The molecule has 0 aliphatic heterocycles. The molecule has 0 atom stereocenters. The summed E-state index contributed by atoms with van der Waals surface area (Å²) in [6, 6.07) is 8.71. The molecule has 2 rings (SSSR count). The summed E-state index contributed by atoms with van der Waals surface area (Å²) in [6.07, 6.45) is 0. The number of aryl methyl sites for hydroxylation is 6. The first-order valence-electron chi connectivity index (χ1n) is 8.36. The number of hydrogen-bond donors (Lipinski definition) is 1. The molecule has 0 aliphatic rings. The predicted molar refractivity (Wildman–Crippen MR) is 107 cm³/mol. The summed E-state index contributed by atoms with van der Waals surface area (Å²) in [5.41, 5.74) is 11.3. The van der Waals surface area contributed by atoms with Crippen LogP contribution >= 0.6 is 0 Å². The topological polar surface area (TPSA) is 24.4 Å². The number of nitrogens with zero attached hydrogens (tertiary/aromatic N) is 1. The number of benzene rings is 2. The van der Waals surface area contributed by atoms with E-state index in [9.17, 15) is 0 Å². The SMILES string of the molecule is C=C(Nc1c(C)cc(C)cc1C)C(C)=Nc1c(C)cc(C)cc1C. The summed E-state index contributed by atoms with van der Waals surface area (Å²) in [4.78, 5) is 4.83. The summed E-state index contributed by atoms with van der Waals surface area (Å²) >= 11 is 0. The van der Waals surface area contributed by atoms with E-state index >= 15 is 0 Å². The van der Waals surface area contributed by atoms with Crippen LogP contribution in [0.4, 0.5) is 11.4 Å². The molecule has 0 fully saturated rings. The number of aliphatic imine (C=N–C) groups is 1. The van der Waals surface area contributed by atoms with Crippen LogP contribution in [0.25, 0.3) is 0 Å². The molecule has 0 spiro atoms. The van der Waals surface area contributed by atoms with E-state index in [-0.39, 0.29) is 0 Å². The Hall–Kier alpha value is -2.35. The number of nitrogens with one attached hydrogen (secondary N) is 1. The van der Waals surface area contributed by atoms with Crippen molar-refractivity contribution in [3.05, 3.63) is 69.9 Å². The van der Waals surface area contributed by atoms with Crippen LogP contribution in [-0.4, -0.2) is 5.71 Å². The van der Waals surface area contributed by atoms with E-state index in [1.165, 1.54) is 33.4 Å². The fourth-order valence-corrected chi connectivity index (χ4v) is 3.20. The lowest BCUT2D eigenvalue weighted by atomic mass is 10.0. The average molecular weight is 320 g/mol. The Morgan fingerprint density at radius 2 is 1.21 bits per heavy atom. The summed E-state index contributed by atoms with van der Waals surface area (Å²) < 4.78 is 0. The number of hydrogen-bond acceptors (Lipinski definition) is 2. The van der Waals surface area contributed by atoms with Crippen LogP contribution in [0.15, 0.2) is 41.5 Å². The minimum Gasteiger partial charge on any atom is -0.354 e. The van der Waals surface area contributed by atoms with Gasteiger partial charge < -0.3 is 5.32 Å². The highest BCUT2D eigenvalue weighted by molar-refractivity contribution is 6.02. The number of allylic oxidation sites excluding steroid dienone is 1. The number of anilines is 1. The third-order valence-corrected chi connectivity index (χ3v) is 4.30. The molecule has 126 valence electrons. The van der Waals surface area contributed by atoms with E-state index in [2.05, 4.69) is 77.7 Å². The molecule has 0 aliphatic carbocycles. The lowest BCUT2D eigenvalue weighted by Gasteiger charge is -2.16. The van der Waals surface area contributed by atoms with Crippen molar-refractivity contribution >= 4 is 17.1 Å². The molecule has 2 aromatic rings. The normalized spacial score (nSPS) is 11.5. The highest BCUT2D eigenvalue weighted by Crippen LogP contribution is 2.27. The first-order chi connectivity index (χ1) is 11.2. The summed E-state index contributed by atoms with van der Waals surface area (Å²) in [5.74, 6) is 0. The molecule has 0 radical (unpaired) electrons. The van der Waals surface area contributed by atoms with Gasteiger partial charge in [-0.15, -0.1) is 0 Å². The van der Waals surface area contributed by atoms with Crippen LogP contribution in [0.3, 0.4) is 0 Å². The van der Waals surface area contributed by atoms with Crippen molar-refractivity contribution < 1.29 is 0 Å². The lowest BCUT2D eigenvalue weighted by molar-refractivity contribution is 1.27. The van der Waals surface area contributed by atoms with Crippen molar-refractivity contribution in [3.8, 4) is 0 Å². The molecule has 2 heteroatoms. The first kappa shape index (κ1) is 18.0. The minimum atomic E-state index is 0.837. The van der Waals surface area contributed by atoms with Crippen molar-refractivity contribution in [2.45, 2.75) is 48.5 Å². The van der Waals surface area contributed by atoms with Crippen molar-refractivity contribution in [1.29, 1.82) is 0 Å². The average Bonchev–Trinajstić information content (AvgIpc) is 2.46. The van der Waals surface area contributed by atoms with Gasteiger partial charge >= 0.3 is 0 Å². The Balaban J connectivity index is 2.31. The minimum absolute atomic E-state index is 0.837. The Labute approximate surface area is 146 Å². The highest BCUT2D eigenvalue weighted by Gasteiger charge is 2.08. The van der Waals surface area contributed by atoms with E-state index in [4.69, 9.17) is 4.99 Å². The quantitative estimate of drug-likeness (QED) is 0.661. The second-order valence-corrected chi connectivity index (χ2v) is 6.82. The Kier molecular flexibility index (Phi) is 5.28. The second-order valence-electron chi connectivity index (χ2n) is 6.82. The molecule has 0 saturated heterocycles. The van der Waals surface area contributed by atoms with Crippen LogP contribution in [0.5, 0.6) is 0 Å². The molecular weight excluding hydrogens is 292 g/mol. The van der Waals surface area contributed by atoms with Gasteiger partial charge in [0.25, 0.3) is 0 Å². The van der Waals surface area contributed by atoms with Gasteiger partial charge in [0.2, 0.25) is 0 Å². The van der Waals surface area contributed by atoms with Crippen LogP contribution < -0.4 is 5.32 Å². The van der Waals surface area contributed by atoms with E-state index in [1.54, 1.807) is 0 Å². The Morgan fingerprint density at radius 3 is 1.67 bits per heavy atom. The summed E-state index contributed by atoms with van der Waals surface area (Å²) in [6.45, 7) is 18.9. The molecule has 0 saturated carbocycles. The van der Waals surface area contributed by atoms with Gasteiger partial charge in [-0.25, -0.2) is 0 Å². The standard InChI is InChI=1S/C22H28N2/c1-13-9-15(3)21(16(4)10-13)23-19(7)20(8)24-22-17(5)11-14(2)12-18(22)6/h9-12,23H,7H2,1-6,8H3. The molecule has 1 N–H and O–H groups in total. The van der Waals surface area contributed by atoms with Gasteiger partial charge in [-0.1, -0.05) is 42.0 Å². The van der Waals surface area contributed by atoms with E-state index < -0.39 is 0 Å². The fourth-order valence-electron chi connectivity index (χ4n) is 3.20. The van der Waals surface area contributed by atoms with Gasteiger partial charge in [-0.3, -0.25) is 4.99 Å². The molecule has 0 amide bonds. The van der Waals surface area contributed by atoms with Gasteiger partial charge in [-0.05, 0) is 70.7 Å². The molecule has 0 bridgehead atoms. The van der Waals surface area contributed by atoms with Gasteiger partial charge in [0, 0.05) is 5.69 Å². The van der Waals surface area contributed by atoms with Crippen molar-refractivity contribution in [3.63, 3.8) is 0 Å². The monoisotopic (exact) mass is 320 g/mol. The van der Waals surface area contributed by atoms with E-state index in [0.29, 0.717) is 0 Å². The van der Waals surface area contributed by atoms with Crippen molar-refractivity contribution in [2.24, 2.45) is 4.99 Å². The molecular formula is C22H28N2. The smallest absolute Gasteiger partial charge is 0.0692 e. The van der Waals surface area contributed by atoms with E-state index in [0.717, 1.165) is 22.8 Å². The van der Waals surface area contributed by atoms with Gasteiger partial charge in [-0.2, -0.15) is 0 Å². The maximum atomic E-state index is 4.83. The molecule has 0 aromatic heterocycles. The first-order valence-corrected chi connectivity index (χ1v) is 8.36. The zero-order valence-electron chi connectivity index (χ0n) is 16.0.